The van der Waals surface area contributed by atoms with Gasteiger partial charge in [-0.25, -0.2) is 0 Å². The van der Waals surface area contributed by atoms with Crippen molar-refractivity contribution in [3.05, 3.63) is 18.0 Å². The summed E-state index contributed by atoms with van der Waals surface area (Å²) in [5.41, 5.74) is 0.986. The minimum Gasteiger partial charge on any atom is -0.387 e. The van der Waals surface area contributed by atoms with Crippen LogP contribution in [0.3, 0.4) is 0 Å². The minimum atomic E-state index is -0.340. The maximum Gasteiger partial charge on any atom is 0.0984 e. The zero-order valence-corrected chi connectivity index (χ0v) is 11.1. The summed E-state index contributed by atoms with van der Waals surface area (Å²) in [7, 11) is 0. The van der Waals surface area contributed by atoms with E-state index in [1.54, 1.807) is 6.20 Å². The van der Waals surface area contributed by atoms with Gasteiger partial charge < -0.3 is 5.11 Å². The van der Waals surface area contributed by atoms with Crippen molar-refractivity contribution in [2.24, 2.45) is 11.8 Å². The molecule has 0 amide bonds. The summed E-state index contributed by atoms with van der Waals surface area (Å²) >= 11 is 0. The van der Waals surface area contributed by atoms with E-state index in [4.69, 9.17) is 0 Å². The van der Waals surface area contributed by atoms with Crippen molar-refractivity contribution in [2.75, 3.05) is 0 Å². The molecule has 1 heterocycles. The fourth-order valence-corrected chi connectivity index (χ4v) is 2.83. The lowest BCUT2D eigenvalue weighted by atomic mass is 9.79. The van der Waals surface area contributed by atoms with Crippen LogP contribution in [0, 0.1) is 11.8 Å². The molecule has 0 radical (unpaired) electrons. The maximum atomic E-state index is 10.5. The zero-order valence-electron chi connectivity index (χ0n) is 11.1. The van der Waals surface area contributed by atoms with Gasteiger partial charge in [-0.3, -0.25) is 4.68 Å². The molecule has 0 aromatic carbocycles. The average Bonchev–Trinajstić information content (AvgIpc) is 2.78. The van der Waals surface area contributed by atoms with Gasteiger partial charge in [-0.15, -0.1) is 0 Å². The molecule has 1 aliphatic carbocycles. The van der Waals surface area contributed by atoms with Gasteiger partial charge in [-0.05, 0) is 44.6 Å². The SMILES string of the molecule is CC1CCC(C(O)c2ccnn2C(C)C)CC1. The van der Waals surface area contributed by atoms with E-state index in [2.05, 4.69) is 25.9 Å². The van der Waals surface area contributed by atoms with E-state index >= 15 is 0 Å². The van der Waals surface area contributed by atoms with E-state index < -0.39 is 0 Å². The van der Waals surface area contributed by atoms with Crippen LogP contribution in [0.4, 0.5) is 0 Å². The minimum absolute atomic E-state index is 0.317. The fraction of sp³-hybridized carbons (Fsp3) is 0.786. The number of hydrogen-bond acceptors (Lipinski definition) is 2. The normalized spacial score (nSPS) is 27.4. The first-order chi connectivity index (χ1) is 8.09. The number of aliphatic hydroxyl groups excluding tert-OH is 1. The third kappa shape index (κ3) is 2.71. The Hall–Kier alpha value is -0.830. The number of rotatable bonds is 3. The van der Waals surface area contributed by atoms with Crippen LogP contribution in [-0.4, -0.2) is 14.9 Å². The van der Waals surface area contributed by atoms with Crippen LogP contribution in [0.15, 0.2) is 12.3 Å². The Morgan fingerprint density at radius 3 is 2.53 bits per heavy atom. The summed E-state index contributed by atoms with van der Waals surface area (Å²) in [5, 5.41) is 14.8. The molecule has 1 fully saturated rings. The van der Waals surface area contributed by atoms with Gasteiger partial charge in [-0.2, -0.15) is 5.10 Å². The van der Waals surface area contributed by atoms with Gasteiger partial charge in [0.15, 0.2) is 0 Å². The third-order valence-corrected chi connectivity index (χ3v) is 4.00. The molecule has 17 heavy (non-hydrogen) atoms. The van der Waals surface area contributed by atoms with Crippen LogP contribution in [0.25, 0.3) is 0 Å². The molecule has 3 heteroatoms. The van der Waals surface area contributed by atoms with Gasteiger partial charge >= 0.3 is 0 Å². The lowest BCUT2D eigenvalue weighted by molar-refractivity contribution is 0.0670. The molecular weight excluding hydrogens is 212 g/mol. The molecule has 0 saturated heterocycles. The largest absolute Gasteiger partial charge is 0.387 e. The highest BCUT2D eigenvalue weighted by atomic mass is 16.3. The zero-order chi connectivity index (χ0) is 12.4. The molecule has 0 aliphatic heterocycles. The first-order valence-corrected chi connectivity index (χ1v) is 6.81. The number of aliphatic hydroxyl groups is 1. The lowest BCUT2D eigenvalue weighted by Crippen LogP contribution is -2.22. The van der Waals surface area contributed by atoms with Crippen LogP contribution in [0.2, 0.25) is 0 Å². The smallest absolute Gasteiger partial charge is 0.0984 e. The van der Waals surface area contributed by atoms with E-state index in [0.717, 1.165) is 24.5 Å². The van der Waals surface area contributed by atoms with Crippen LogP contribution in [0.5, 0.6) is 0 Å². The molecule has 96 valence electrons. The van der Waals surface area contributed by atoms with E-state index in [1.165, 1.54) is 12.8 Å². The van der Waals surface area contributed by atoms with Crippen LogP contribution in [-0.2, 0) is 0 Å². The number of aromatic nitrogens is 2. The van der Waals surface area contributed by atoms with Crippen molar-refractivity contribution < 1.29 is 5.11 Å². The van der Waals surface area contributed by atoms with Gasteiger partial charge in [0.05, 0.1) is 11.8 Å². The van der Waals surface area contributed by atoms with Gasteiger partial charge in [0.2, 0.25) is 0 Å². The topological polar surface area (TPSA) is 38.1 Å². The highest BCUT2D eigenvalue weighted by Gasteiger charge is 2.28. The Kier molecular flexibility index (Phi) is 3.87. The Labute approximate surface area is 104 Å². The first-order valence-electron chi connectivity index (χ1n) is 6.81. The molecular formula is C14H24N2O. The highest BCUT2D eigenvalue weighted by molar-refractivity contribution is 5.07. The van der Waals surface area contributed by atoms with Crippen molar-refractivity contribution >= 4 is 0 Å². The van der Waals surface area contributed by atoms with E-state index in [0.29, 0.717) is 12.0 Å². The Morgan fingerprint density at radius 1 is 1.29 bits per heavy atom. The van der Waals surface area contributed by atoms with Gasteiger partial charge in [0, 0.05) is 12.2 Å². The van der Waals surface area contributed by atoms with E-state index in [9.17, 15) is 5.11 Å². The molecule has 0 bridgehead atoms. The van der Waals surface area contributed by atoms with Crippen molar-refractivity contribution in [3.8, 4) is 0 Å². The first kappa shape index (κ1) is 12.6. The summed E-state index contributed by atoms with van der Waals surface area (Å²) in [6.07, 6.45) is 6.24. The maximum absolute atomic E-state index is 10.5. The molecule has 2 rings (SSSR count). The molecule has 1 aromatic heterocycles. The third-order valence-electron chi connectivity index (χ3n) is 4.00. The average molecular weight is 236 g/mol. The second kappa shape index (κ2) is 5.21. The summed E-state index contributed by atoms with van der Waals surface area (Å²) in [6, 6.07) is 2.28. The van der Waals surface area contributed by atoms with Crippen molar-refractivity contribution in [1.29, 1.82) is 0 Å². The summed E-state index contributed by atoms with van der Waals surface area (Å²) in [5.74, 6) is 1.24. The Bertz CT molecular complexity index is 351. The highest BCUT2D eigenvalue weighted by Crippen LogP contribution is 2.36. The quantitative estimate of drug-likeness (QED) is 0.874. The van der Waals surface area contributed by atoms with Crippen LogP contribution >= 0.6 is 0 Å². The Balaban J connectivity index is 2.08. The number of hydrogen-bond donors (Lipinski definition) is 1. The Morgan fingerprint density at radius 2 is 1.94 bits per heavy atom. The molecule has 3 nitrogen and oxygen atoms in total. The second-order valence-electron chi connectivity index (χ2n) is 5.76. The van der Waals surface area contributed by atoms with Crippen LogP contribution in [0.1, 0.15) is 64.3 Å². The van der Waals surface area contributed by atoms with Gasteiger partial charge in [0.1, 0.15) is 0 Å². The molecule has 1 unspecified atom stereocenters. The predicted octanol–water partition coefficient (Wildman–Crippen LogP) is 3.32. The fourth-order valence-electron chi connectivity index (χ4n) is 2.83. The summed E-state index contributed by atoms with van der Waals surface area (Å²) in [6.45, 7) is 6.51. The molecule has 0 spiro atoms. The standard InChI is InChI=1S/C14H24N2O/c1-10(2)16-13(8-9-15-16)14(17)12-6-4-11(3)5-7-12/h8-12,14,17H,4-7H2,1-3H3. The van der Waals surface area contributed by atoms with Gasteiger partial charge in [-0.1, -0.05) is 19.8 Å². The van der Waals surface area contributed by atoms with E-state index in [-0.39, 0.29) is 6.10 Å². The molecule has 1 aliphatic rings. The molecule has 1 atom stereocenters. The van der Waals surface area contributed by atoms with Crippen molar-refractivity contribution in [2.45, 2.75) is 58.6 Å². The van der Waals surface area contributed by atoms with Crippen LogP contribution < -0.4 is 0 Å². The number of nitrogens with zero attached hydrogens (tertiary/aromatic N) is 2. The van der Waals surface area contributed by atoms with E-state index in [1.807, 2.05) is 10.7 Å². The van der Waals surface area contributed by atoms with Crippen molar-refractivity contribution in [3.63, 3.8) is 0 Å². The summed E-state index contributed by atoms with van der Waals surface area (Å²) in [4.78, 5) is 0. The van der Waals surface area contributed by atoms with Crippen molar-refractivity contribution in [1.82, 2.24) is 9.78 Å². The monoisotopic (exact) mass is 236 g/mol. The second-order valence-corrected chi connectivity index (χ2v) is 5.76. The molecule has 1 saturated carbocycles. The molecule has 1 N–H and O–H groups in total. The summed E-state index contributed by atoms with van der Waals surface area (Å²) < 4.78 is 1.95. The van der Waals surface area contributed by atoms with Gasteiger partial charge in [0.25, 0.3) is 0 Å². The predicted molar refractivity (Wildman–Crippen MR) is 68.7 cm³/mol. The molecule has 1 aromatic rings. The lowest BCUT2D eigenvalue weighted by Gasteiger charge is -2.30.